The van der Waals surface area contributed by atoms with Crippen LogP contribution in [0.2, 0.25) is 0 Å². The van der Waals surface area contributed by atoms with Crippen molar-refractivity contribution in [2.75, 3.05) is 0 Å². The number of hydrogen-bond acceptors (Lipinski definition) is 3. The quantitative estimate of drug-likeness (QED) is 0.844. The standard InChI is InChI=1S/C12H20N4/c1-8(13)12-7-16(15-14-12)6-11-5-9-2-3-10(11)4-9/h7-11H,2-6,13H2,1H3. The summed E-state index contributed by atoms with van der Waals surface area (Å²) in [6.45, 7) is 2.99. The first-order chi connectivity index (χ1) is 7.72. The summed E-state index contributed by atoms with van der Waals surface area (Å²) < 4.78 is 1.99. The van der Waals surface area contributed by atoms with E-state index in [1.54, 1.807) is 0 Å². The zero-order chi connectivity index (χ0) is 11.1. The molecule has 2 aliphatic carbocycles. The van der Waals surface area contributed by atoms with Gasteiger partial charge in [-0.05, 0) is 43.9 Å². The molecular formula is C12H20N4. The molecule has 88 valence electrons. The van der Waals surface area contributed by atoms with Crippen LogP contribution in [0.3, 0.4) is 0 Å². The summed E-state index contributed by atoms with van der Waals surface area (Å²) in [7, 11) is 0. The van der Waals surface area contributed by atoms with Crippen molar-refractivity contribution in [3.8, 4) is 0 Å². The highest BCUT2D eigenvalue weighted by molar-refractivity contribution is 4.98. The zero-order valence-corrected chi connectivity index (χ0v) is 9.84. The lowest BCUT2D eigenvalue weighted by Gasteiger charge is -2.20. The molecule has 4 unspecified atom stereocenters. The van der Waals surface area contributed by atoms with Crippen LogP contribution >= 0.6 is 0 Å². The monoisotopic (exact) mass is 220 g/mol. The molecule has 2 bridgehead atoms. The number of rotatable bonds is 3. The summed E-state index contributed by atoms with van der Waals surface area (Å²) in [5.41, 5.74) is 6.69. The van der Waals surface area contributed by atoms with Gasteiger partial charge in [-0.15, -0.1) is 5.10 Å². The van der Waals surface area contributed by atoms with Gasteiger partial charge in [-0.3, -0.25) is 4.68 Å². The molecule has 0 spiro atoms. The van der Waals surface area contributed by atoms with Crippen molar-refractivity contribution < 1.29 is 0 Å². The van der Waals surface area contributed by atoms with E-state index in [4.69, 9.17) is 5.73 Å². The van der Waals surface area contributed by atoms with Crippen molar-refractivity contribution in [1.82, 2.24) is 15.0 Å². The van der Waals surface area contributed by atoms with Crippen LogP contribution in [0.15, 0.2) is 6.20 Å². The van der Waals surface area contributed by atoms with Crippen LogP contribution < -0.4 is 5.73 Å². The molecule has 1 heterocycles. The first-order valence-corrected chi connectivity index (χ1v) is 6.38. The molecule has 2 saturated carbocycles. The Bertz CT molecular complexity index is 371. The molecule has 0 aromatic carbocycles. The molecule has 0 aliphatic heterocycles. The normalized spacial score (nSPS) is 34.5. The van der Waals surface area contributed by atoms with Crippen LogP contribution in [0.5, 0.6) is 0 Å². The summed E-state index contributed by atoms with van der Waals surface area (Å²) in [5, 5.41) is 8.28. The van der Waals surface area contributed by atoms with Crippen LogP contribution in [0.4, 0.5) is 0 Å². The maximum absolute atomic E-state index is 5.78. The van der Waals surface area contributed by atoms with Crippen molar-refractivity contribution in [3.05, 3.63) is 11.9 Å². The summed E-state index contributed by atoms with van der Waals surface area (Å²) >= 11 is 0. The Morgan fingerprint density at radius 2 is 2.38 bits per heavy atom. The summed E-state index contributed by atoms with van der Waals surface area (Å²) in [5.74, 6) is 2.79. The number of fused-ring (bicyclic) bond motifs is 2. The second-order valence-corrected chi connectivity index (χ2v) is 5.59. The van der Waals surface area contributed by atoms with Crippen LogP contribution in [0.1, 0.15) is 44.3 Å². The minimum atomic E-state index is -0.00576. The highest BCUT2D eigenvalue weighted by atomic mass is 15.4. The molecule has 3 rings (SSSR count). The van der Waals surface area contributed by atoms with Gasteiger partial charge < -0.3 is 5.73 Å². The lowest BCUT2D eigenvalue weighted by Crippen LogP contribution is -2.17. The van der Waals surface area contributed by atoms with Gasteiger partial charge in [0.05, 0.1) is 11.9 Å². The molecule has 2 N–H and O–H groups in total. The molecule has 2 aliphatic rings. The van der Waals surface area contributed by atoms with Crippen molar-refractivity contribution in [1.29, 1.82) is 0 Å². The van der Waals surface area contributed by atoms with E-state index in [1.165, 1.54) is 25.7 Å². The van der Waals surface area contributed by atoms with Gasteiger partial charge in [-0.2, -0.15) is 0 Å². The first-order valence-electron chi connectivity index (χ1n) is 6.38. The maximum Gasteiger partial charge on any atom is 0.0991 e. The van der Waals surface area contributed by atoms with Gasteiger partial charge in [0.15, 0.2) is 0 Å². The van der Waals surface area contributed by atoms with Gasteiger partial charge >= 0.3 is 0 Å². The molecule has 4 heteroatoms. The van der Waals surface area contributed by atoms with Gasteiger partial charge in [-0.25, -0.2) is 0 Å². The number of hydrogen-bond donors (Lipinski definition) is 1. The molecule has 0 amide bonds. The van der Waals surface area contributed by atoms with Gasteiger partial charge in [0, 0.05) is 12.6 Å². The Labute approximate surface area is 96.2 Å². The third-order valence-electron chi connectivity index (χ3n) is 4.33. The first kappa shape index (κ1) is 10.3. The average Bonchev–Trinajstić information content (AvgIpc) is 2.91. The minimum Gasteiger partial charge on any atom is -0.323 e. The third-order valence-corrected chi connectivity index (χ3v) is 4.33. The van der Waals surface area contributed by atoms with E-state index in [0.29, 0.717) is 0 Å². The Kier molecular flexibility index (Phi) is 2.46. The van der Waals surface area contributed by atoms with E-state index in [9.17, 15) is 0 Å². The van der Waals surface area contributed by atoms with Crippen LogP contribution in [0, 0.1) is 17.8 Å². The minimum absolute atomic E-state index is 0.00576. The molecule has 2 fully saturated rings. The molecule has 4 nitrogen and oxygen atoms in total. The van der Waals surface area contributed by atoms with Crippen molar-refractivity contribution >= 4 is 0 Å². The number of aromatic nitrogens is 3. The maximum atomic E-state index is 5.78. The van der Waals surface area contributed by atoms with E-state index in [1.807, 2.05) is 17.8 Å². The van der Waals surface area contributed by atoms with Gasteiger partial charge in [0.1, 0.15) is 0 Å². The molecule has 1 aromatic rings. The summed E-state index contributed by atoms with van der Waals surface area (Å²) in [4.78, 5) is 0. The molecule has 4 atom stereocenters. The molecule has 0 radical (unpaired) electrons. The van der Waals surface area contributed by atoms with E-state index >= 15 is 0 Å². The third kappa shape index (κ3) is 1.75. The van der Waals surface area contributed by atoms with Gasteiger partial charge in [0.2, 0.25) is 0 Å². The number of nitrogens with zero attached hydrogens (tertiary/aromatic N) is 3. The van der Waals surface area contributed by atoms with E-state index < -0.39 is 0 Å². The Hall–Kier alpha value is -0.900. The molecule has 1 aromatic heterocycles. The Morgan fingerprint density at radius 1 is 1.50 bits per heavy atom. The fraction of sp³-hybridized carbons (Fsp3) is 0.833. The number of nitrogens with two attached hydrogens (primary N) is 1. The van der Waals surface area contributed by atoms with Crippen LogP contribution in [-0.4, -0.2) is 15.0 Å². The van der Waals surface area contributed by atoms with E-state index in [-0.39, 0.29) is 6.04 Å². The smallest absolute Gasteiger partial charge is 0.0991 e. The predicted molar refractivity (Wildman–Crippen MR) is 61.6 cm³/mol. The molecular weight excluding hydrogens is 200 g/mol. The lowest BCUT2D eigenvalue weighted by atomic mass is 9.89. The van der Waals surface area contributed by atoms with Crippen LogP contribution in [0.25, 0.3) is 0 Å². The topological polar surface area (TPSA) is 56.7 Å². The fourth-order valence-electron chi connectivity index (χ4n) is 3.45. The fourth-order valence-corrected chi connectivity index (χ4v) is 3.45. The molecule has 0 saturated heterocycles. The SMILES string of the molecule is CC(N)c1cn(CC2CC3CCC2C3)nn1. The van der Waals surface area contributed by atoms with Crippen LogP contribution in [-0.2, 0) is 6.54 Å². The average molecular weight is 220 g/mol. The van der Waals surface area contributed by atoms with E-state index in [0.717, 1.165) is 30.0 Å². The van der Waals surface area contributed by atoms with Crippen molar-refractivity contribution in [3.63, 3.8) is 0 Å². The molecule has 16 heavy (non-hydrogen) atoms. The largest absolute Gasteiger partial charge is 0.323 e. The highest BCUT2D eigenvalue weighted by Gasteiger charge is 2.39. The Balaban J connectivity index is 1.65. The van der Waals surface area contributed by atoms with Crippen molar-refractivity contribution in [2.45, 2.75) is 45.2 Å². The summed E-state index contributed by atoms with van der Waals surface area (Å²) in [6.07, 6.45) is 7.77. The summed E-state index contributed by atoms with van der Waals surface area (Å²) in [6, 6.07) is -0.00576. The van der Waals surface area contributed by atoms with Gasteiger partial charge in [-0.1, -0.05) is 11.6 Å². The Morgan fingerprint density at radius 3 is 2.94 bits per heavy atom. The van der Waals surface area contributed by atoms with E-state index in [2.05, 4.69) is 10.3 Å². The zero-order valence-electron chi connectivity index (χ0n) is 9.84. The lowest BCUT2D eigenvalue weighted by molar-refractivity contribution is 0.283. The van der Waals surface area contributed by atoms with Gasteiger partial charge in [0.25, 0.3) is 0 Å². The van der Waals surface area contributed by atoms with Crippen molar-refractivity contribution in [2.24, 2.45) is 23.5 Å². The highest BCUT2D eigenvalue weighted by Crippen LogP contribution is 2.48. The second kappa shape index (κ2) is 3.84. The second-order valence-electron chi connectivity index (χ2n) is 5.59. The predicted octanol–water partition coefficient (Wildman–Crippen LogP) is 1.73.